The van der Waals surface area contributed by atoms with Gasteiger partial charge in [0.25, 0.3) is 5.91 Å². The standard InChI is InChI=1S/C21H24N4O2/c26-19-21(18-8-11-22-12-9-18,13-16-5-2-1-3-6-16)24-20(27)25(19)15-17-7-4-10-23-14-17/h1-7,10,14,18,22H,8-9,11-13,15H2,(H,24,27). The smallest absolute Gasteiger partial charge is 0.322 e. The molecule has 27 heavy (non-hydrogen) atoms. The predicted molar refractivity (Wildman–Crippen MR) is 102 cm³/mol. The summed E-state index contributed by atoms with van der Waals surface area (Å²) in [4.78, 5) is 31.8. The van der Waals surface area contributed by atoms with E-state index < -0.39 is 5.54 Å². The number of nitrogens with one attached hydrogen (secondary N) is 2. The van der Waals surface area contributed by atoms with Gasteiger partial charge in [-0.1, -0.05) is 36.4 Å². The Morgan fingerprint density at radius 2 is 1.78 bits per heavy atom. The first-order valence-corrected chi connectivity index (χ1v) is 9.47. The minimum absolute atomic E-state index is 0.118. The number of urea groups is 1. The molecule has 2 aliphatic heterocycles. The maximum atomic E-state index is 13.5. The van der Waals surface area contributed by atoms with Gasteiger partial charge in [-0.25, -0.2) is 4.79 Å². The molecule has 6 heteroatoms. The van der Waals surface area contributed by atoms with E-state index in [4.69, 9.17) is 0 Å². The first-order valence-electron chi connectivity index (χ1n) is 9.47. The van der Waals surface area contributed by atoms with Gasteiger partial charge in [-0.2, -0.15) is 0 Å². The van der Waals surface area contributed by atoms with E-state index >= 15 is 0 Å². The van der Waals surface area contributed by atoms with Crippen molar-refractivity contribution in [1.29, 1.82) is 0 Å². The summed E-state index contributed by atoms with van der Waals surface area (Å²) in [5, 5.41) is 6.45. The average Bonchev–Trinajstić information content (AvgIpc) is 2.95. The maximum absolute atomic E-state index is 13.5. The summed E-state index contributed by atoms with van der Waals surface area (Å²) < 4.78 is 0. The maximum Gasteiger partial charge on any atom is 0.325 e. The monoisotopic (exact) mass is 364 g/mol. The summed E-state index contributed by atoms with van der Waals surface area (Å²) >= 11 is 0. The van der Waals surface area contributed by atoms with Crippen LogP contribution in [0.15, 0.2) is 54.9 Å². The molecule has 0 aliphatic carbocycles. The first kappa shape index (κ1) is 17.7. The number of carbonyl (C=O) groups excluding carboxylic acids is 2. The van der Waals surface area contributed by atoms with Crippen molar-refractivity contribution >= 4 is 11.9 Å². The molecule has 3 amide bonds. The number of rotatable bonds is 5. The Morgan fingerprint density at radius 1 is 1.04 bits per heavy atom. The third kappa shape index (κ3) is 3.45. The van der Waals surface area contributed by atoms with E-state index in [9.17, 15) is 9.59 Å². The highest BCUT2D eigenvalue weighted by molar-refractivity contribution is 6.07. The van der Waals surface area contributed by atoms with Crippen LogP contribution in [0.4, 0.5) is 4.79 Å². The van der Waals surface area contributed by atoms with Crippen molar-refractivity contribution in [2.45, 2.75) is 31.3 Å². The van der Waals surface area contributed by atoms with Gasteiger partial charge in [0.1, 0.15) is 5.54 Å². The van der Waals surface area contributed by atoms with Crippen molar-refractivity contribution in [2.24, 2.45) is 5.92 Å². The number of piperidine rings is 1. The average molecular weight is 364 g/mol. The lowest BCUT2D eigenvalue weighted by atomic mass is 9.74. The molecule has 2 aliphatic rings. The summed E-state index contributed by atoms with van der Waals surface area (Å²) in [6, 6.07) is 13.3. The molecule has 1 aromatic heterocycles. The van der Waals surface area contributed by atoms with Crippen LogP contribution < -0.4 is 10.6 Å². The quantitative estimate of drug-likeness (QED) is 0.797. The van der Waals surface area contributed by atoms with Gasteiger partial charge in [-0.05, 0) is 49.0 Å². The fraction of sp³-hybridized carbons (Fsp3) is 0.381. The molecule has 2 fully saturated rings. The lowest BCUT2D eigenvalue weighted by Gasteiger charge is -2.38. The number of hydrogen-bond acceptors (Lipinski definition) is 4. The van der Waals surface area contributed by atoms with Crippen LogP contribution in [0.3, 0.4) is 0 Å². The summed E-state index contributed by atoms with van der Waals surface area (Å²) in [5.74, 6) is 0.00131. The predicted octanol–water partition coefficient (Wildman–Crippen LogP) is 2.11. The summed E-state index contributed by atoms with van der Waals surface area (Å²) in [5.41, 5.74) is 1.04. The van der Waals surface area contributed by atoms with Gasteiger partial charge in [-0.3, -0.25) is 14.7 Å². The molecule has 2 N–H and O–H groups in total. The second kappa shape index (κ2) is 7.48. The van der Waals surface area contributed by atoms with Gasteiger partial charge in [-0.15, -0.1) is 0 Å². The minimum Gasteiger partial charge on any atom is -0.322 e. The number of hydrogen-bond donors (Lipinski definition) is 2. The van der Waals surface area contributed by atoms with E-state index in [0.29, 0.717) is 6.42 Å². The Hall–Kier alpha value is -2.73. The van der Waals surface area contributed by atoms with Gasteiger partial charge in [0.15, 0.2) is 0 Å². The number of imide groups is 1. The molecular weight excluding hydrogens is 340 g/mol. The highest BCUT2D eigenvalue weighted by Gasteiger charge is 2.55. The fourth-order valence-electron chi connectivity index (χ4n) is 4.24. The van der Waals surface area contributed by atoms with E-state index in [2.05, 4.69) is 15.6 Å². The van der Waals surface area contributed by atoms with E-state index in [-0.39, 0.29) is 24.4 Å². The molecule has 3 heterocycles. The van der Waals surface area contributed by atoms with Crippen LogP contribution in [0, 0.1) is 5.92 Å². The molecule has 2 saturated heterocycles. The molecule has 0 spiro atoms. The van der Waals surface area contributed by atoms with Crippen molar-refractivity contribution in [1.82, 2.24) is 20.5 Å². The van der Waals surface area contributed by atoms with Gasteiger partial charge in [0.05, 0.1) is 6.54 Å². The topological polar surface area (TPSA) is 74.3 Å². The second-order valence-electron chi connectivity index (χ2n) is 7.34. The summed E-state index contributed by atoms with van der Waals surface area (Å²) in [6.45, 7) is 1.99. The first-order chi connectivity index (χ1) is 13.2. The molecule has 140 valence electrons. The highest BCUT2D eigenvalue weighted by Crippen LogP contribution is 2.35. The van der Waals surface area contributed by atoms with Crippen LogP contribution >= 0.6 is 0 Å². The molecular formula is C21H24N4O2. The zero-order valence-electron chi connectivity index (χ0n) is 15.2. The number of pyridine rings is 1. The normalized spacial score (nSPS) is 23.5. The molecule has 1 unspecified atom stereocenters. The summed E-state index contributed by atoms with van der Waals surface area (Å²) in [7, 11) is 0. The van der Waals surface area contributed by atoms with Crippen LogP contribution in [0.25, 0.3) is 0 Å². The van der Waals surface area contributed by atoms with Crippen molar-refractivity contribution in [3.63, 3.8) is 0 Å². The Balaban J connectivity index is 1.65. The van der Waals surface area contributed by atoms with Crippen LogP contribution in [0.2, 0.25) is 0 Å². The number of carbonyl (C=O) groups is 2. The Kier molecular flexibility index (Phi) is 4.90. The van der Waals surface area contributed by atoms with E-state index in [0.717, 1.165) is 37.1 Å². The van der Waals surface area contributed by atoms with Gasteiger partial charge >= 0.3 is 6.03 Å². The molecule has 2 aromatic rings. The number of benzene rings is 1. The summed E-state index contributed by atoms with van der Waals surface area (Å²) in [6.07, 6.45) is 5.65. The number of amides is 3. The van der Waals surface area contributed by atoms with E-state index in [1.165, 1.54) is 4.90 Å². The molecule has 0 bridgehead atoms. The third-order valence-electron chi connectivity index (χ3n) is 5.63. The van der Waals surface area contributed by atoms with Crippen molar-refractivity contribution in [3.8, 4) is 0 Å². The van der Waals surface area contributed by atoms with Gasteiger partial charge in [0, 0.05) is 18.8 Å². The fourth-order valence-corrected chi connectivity index (χ4v) is 4.24. The SMILES string of the molecule is O=C1NC(Cc2ccccc2)(C2CCNCC2)C(=O)N1Cc1cccnc1. The van der Waals surface area contributed by atoms with Crippen molar-refractivity contribution < 1.29 is 9.59 Å². The lowest BCUT2D eigenvalue weighted by molar-refractivity contribution is -0.134. The second-order valence-corrected chi connectivity index (χ2v) is 7.34. The van der Waals surface area contributed by atoms with Crippen molar-refractivity contribution in [3.05, 3.63) is 66.0 Å². The minimum atomic E-state index is -0.872. The number of nitrogens with zero attached hydrogens (tertiary/aromatic N) is 2. The third-order valence-corrected chi connectivity index (χ3v) is 5.63. The largest absolute Gasteiger partial charge is 0.325 e. The van der Waals surface area contributed by atoms with Crippen molar-refractivity contribution in [2.75, 3.05) is 13.1 Å². The molecule has 0 radical (unpaired) electrons. The van der Waals surface area contributed by atoms with Crippen LogP contribution in [0.1, 0.15) is 24.0 Å². The van der Waals surface area contributed by atoms with E-state index in [1.807, 2.05) is 42.5 Å². The van der Waals surface area contributed by atoms with Crippen LogP contribution in [-0.4, -0.2) is 40.5 Å². The van der Waals surface area contributed by atoms with E-state index in [1.54, 1.807) is 12.4 Å². The van der Waals surface area contributed by atoms with Gasteiger partial charge in [0.2, 0.25) is 0 Å². The van der Waals surface area contributed by atoms with Gasteiger partial charge < -0.3 is 10.6 Å². The molecule has 1 aromatic carbocycles. The molecule has 1 atom stereocenters. The Bertz CT molecular complexity index is 805. The number of aromatic nitrogens is 1. The lowest BCUT2D eigenvalue weighted by Crippen LogP contribution is -2.57. The molecule has 0 saturated carbocycles. The Labute approximate surface area is 159 Å². The molecule has 4 rings (SSSR count). The van der Waals surface area contributed by atoms with Crippen LogP contribution in [-0.2, 0) is 17.8 Å². The zero-order chi connectivity index (χ0) is 18.7. The Morgan fingerprint density at radius 3 is 2.48 bits per heavy atom. The highest BCUT2D eigenvalue weighted by atomic mass is 16.2. The van der Waals surface area contributed by atoms with Crippen LogP contribution in [0.5, 0.6) is 0 Å². The molecule has 6 nitrogen and oxygen atoms in total. The zero-order valence-corrected chi connectivity index (χ0v) is 15.2.